The smallest absolute Gasteiger partial charge is 0.326 e. The number of amides is 3. The van der Waals surface area contributed by atoms with Crippen LogP contribution in [0.5, 0.6) is 0 Å². The van der Waals surface area contributed by atoms with Crippen LogP contribution in [0.25, 0.3) is 5.57 Å². The Labute approximate surface area is 226 Å². The lowest BCUT2D eigenvalue weighted by Gasteiger charge is -2.32. The Hall–Kier alpha value is -3.68. The van der Waals surface area contributed by atoms with Crippen molar-refractivity contribution in [3.8, 4) is 0 Å². The Balaban J connectivity index is 2.44. The predicted octanol–water partition coefficient (Wildman–Crippen LogP) is 3.65. The monoisotopic (exact) mass is 523 g/mol. The maximum Gasteiger partial charge on any atom is 0.326 e. The Morgan fingerprint density at radius 1 is 1.13 bits per heavy atom. The molecule has 1 aromatic carbocycles. The molecule has 0 radical (unpaired) electrons. The van der Waals surface area contributed by atoms with Gasteiger partial charge in [0.25, 0.3) is 0 Å². The van der Waals surface area contributed by atoms with E-state index < -0.39 is 41.9 Å². The van der Waals surface area contributed by atoms with E-state index in [0.29, 0.717) is 5.57 Å². The first-order valence-corrected chi connectivity index (χ1v) is 13.0. The highest BCUT2D eigenvalue weighted by Crippen LogP contribution is 2.28. The van der Waals surface area contributed by atoms with Crippen LogP contribution in [0.15, 0.2) is 60.2 Å². The molecule has 0 saturated carbocycles. The number of allylic oxidation sites excluding steroid dienone is 3. The molecular formula is C30H41N3O5. The molecule has 1 unspecified atom stereocenters. The third kappa shape index (κ3) is 7.91. The van der Waals surface area contributed by atoms with Gasteiger partial charge in [-0.15, -0.1) is 0 Å². The van der Waals surface area contributed by atoms with E-state index in [-0.39, 0.29) is 24.8 Å². The highest BCUT2D eigenvalue weighted by Gasteiger charge is 2.34. The van der Waals surface area contributed by atoms with Crippen LogP contribution in [0.4, 0.5) is 0 Å². The highest BCUT2D eigenvalue weighted by molar-refractivity contribution is 5.93. The van der Waals surface area contributed by atoms with Crippen molar-refractivity contribution in [1.82, 2.24) is 15.5 Å². The quantitative estimate of drug-likeness (QED) is 0.356. The average molecular weight is 524 g/mol. The summed E-state index contributed by atoms with van der Waals surface area (Å²) in [5, 5.41) is 5.34. The molecule has 1 fully saturated rings. The van der Waals surface area contributed by atoms with Crippen LogP contribution in [0, 0.1) is 11.8 Å². The van der Waals surface area contributed by atoms with Gasteiger partial charge in [0, 0.05) is 19.4 Å². The number of carbonyl (C=O) groups excluding carboxylic acids is 4. The fourth-order valence-electron chi connectivity index (χ4n) is 4.63. The number of hydrogen-bond donors (Lipinski definition) is 2. The number of nitrogens with one attached hydrogen (secondary N) is 2. The van der Waals surface area contributed by atoms with Gasteiger partial charge in [-0.2, -0.15) is 0 Å². The summed E-state index contributed by atoms with van der Waals surface area (Å²) >= 11 is 0. The first-order valence-electron chi connectivity index (χ1n) is 13.0. The molecule has 2 rings (SSSR count). The molecule has 0 spiro atoms. The van der Waals surface area contributed by atoms with Crippen LogP contribution in [-0.2, 0) is 23.9 Å². The molecule has 4 atom stereocenters. The van der Waals surface area contributed by atoms with Crippen molar-refractivity contribution in [1.29, 1.82) is 0 Å². The van der Waals surface area contributed by atoms with Crippen molar-refractivity contribution in [2.45, 2.75) is 66.2 Å². The maximum absolute atomic E-state index is 13.0. The van der Waals surface area contributed by atoms with Gasteiger partial charge < -0.3 is 20.3 Å². The van der Waals surface area contributed by atoms with E-state index in [4.69, 9.17) is 4.74 Å². The fourth-order valence-corrected chi connectivity index (χ4v) is 4.63. The molecule has 1 heterocycles. The number of cyclic esters (lactones) is 1. The zero-order valence-corrected chi connectivity index (χ0v) is 23.5. The lowest BCUT2D eigenvalue weighted by molar-refractivity contribution is -0.149. The molecule has 1 aliphatic heterocycles. The van der Waals surface area contributed by atoms with Crippen molar-refractivity contribution >= 4 is 29.3 Å². The van der Waals surface area contributed by atoms with Gasteiger partial charge in [0.2, 0.25) is 17.7 Å². The van der Waals surface area contributed by atoms with Crippen molar-refractivity contribution in [2.75, 3.05) is 13.6 Å². The van der Waals surface area contributed by atoms with E-state index in [1.807, 2.05) is 77.1 Å². The van der Waals surface area contributed by atoms with E-state index in [1.54, 1.807) is 6.92 Å². The number of esters is 1. The minimum atomic E-state index is -0.840. The van der Waals surface area contributed by atoms with Crippen molar-refractivity contribution in [3.05, 3.63) is 65.8 Å². The van der Waals surface area contributed by atoms with Crippen molar-refractivity contribution in [3.63, 3.8) is 0 Å². The summed E-state index contributed by atoms with van der Waals surface area (Å²) in [5.41, 5.74) is 3.29. The molecule has 3 amide bonds. The van der Waals surface area contributed by atoms with Gasteiger partial charge in [-0.25, -0.2) is 0 Å². The highest BCUT2D eigenvalue weighted by atomic mass is 16.5. The molecule has 38 heavy (non-hydrogen) atoms. The second kappa shape index (κ2) is 13.7. The number of hydrogen-bond acceptors (Lipinski definition) is 5. The first kappa shape index (κ1) is 30.5. The lowest BCUT2D eigenvalue weighted by Crippen LogP contribution is -2.55. The van der Waals surface area contributed by atoms with Gasteiger partial charge in [-0.05, 0) is 43.4 Å². The summed E-state index contributed by atoms with van der Waals surface area (Å²) < 4.78 is 5.88. The van der Waals surface area contributed by atoms with Crippen LogP contribution >= 0.6 is 0 Å². The number of ether oxygens (including phenoxy) is 1. The third-order valence-corrected chi connectivity index (χ3v) is 6.81. The van der Waals surface area contributed by atoms with Crippen LogP contribution in [0.2, 0.25) is 0 Å². The number of rotatable bonds is 4. The summed E-state index contributed by atoms with van der Waals surface area (Å²) in [6.45, 7) is 14.6. The van der Waals surface area contributed by atoms with E-state index in [9.17, 15) is 19.2 Å². The number of carbonyl (C=O) groups is 4. The molecule has 8 heteroatoms. The number of likely N-dealkylation sites (N-methyl/N-ethyl adjacent to an activating group) is 1. The van der Waals surface area contributed by atoms with Crippen LogP contribution < -0.4 is 10.6 Å². The molecule has 0 bridgehead atoms. The second-order valence-electron chi connectivity index (χ2n) is 10.2. The fraction of sp³-hybridized carbons (Fsp3) is 0.467. The topological polar surface area (TPSA) is 105 Å². The molecule has 1 aliphatic rings. The minimum absolute atomic E-state index is 0.0379. The molecular weight excluding hydrogens is 482 g/mol. The van der Waals surface area contributed by atoms with Crippen molar-refractivity contribution in [2.24, 2.45) is 11.8 Å². The predicted molar refractivity (Wildman–Crippen MR) is 149 cm³/mol. The summed E-state index contributed by atoms with van der Waals surface area (Å²) in [4.78, 5) is 53.1. The van der Waals surface area contributed by atoms with E-state index in [1.165, 1.54) is 11.9 Å². The molecule has 1 saturated heterocycles. The number of benzene rings is 1. The van der Waals surface area contributed by atoms with Gasteiger partial charge >= 0.3 is 5.97 Å². The van der Waals surface area contributed by atoms with Crippen LogP contribution in [-0.4, -0.2) is 60.4 Å². The normalized spacial score (nSPS) is 25.4. The Morgan fingerprint density at radius 3 is 2.34 bits per heavy atom. The first-order chi connectivity index (χ1) is 17.9. The van der Waals surface area contributed by atoms with E-state index >= 15 is 0 Å². The summed E-state index contributed by atoms with van der Waals surface area (Å²) in [7, 11) is 1.52. The SMILES string of the molecule is C=C1CC(=O)N[C@@H](C)C(=O)N(C)[C@@H](C(C)C)C(=O)NCC(=O)OC(/C(C)=C/C(=C/C)c2ccccc2)[C@@H]1C. The molecule has 0 aliphatic carbocycles. The number of nitrogens with zero attached hydrogens (tertiary/aromatic N) is 1. The Morgan fingerprint density at radius 2 is 1.76 bits per heavy atom. The zero-order chi connectivity index (χ0) is 28.6. The molecule has 2 N–H and O–H groups in total. The maximum atomic E-state index is 13.0. The van der Waals surface area contributed by atoms with Gasteiger partial charge in [-0.3, -0.25) is 19.2 Å². The van der Waals surface area contributed by atoms with Gasteiger partial charge in [0.1, 0.15) is 24.7 Å². The lowest BCUT2D eigenvalue weighted by atomic mass is 9.88. The Bertz CT molecular complexity index is 1110. The molecule has 8 nitrogen and oxygen atoms in total. The minimum Gasteiger partial charge on any atom is -0.456 e. The van der Waals surface area contributed by atoms with Crippen LogP contribution in [0.3, 0.4) is 0 Å². The Kier molecular flexibility index (Phi) is 11.0. The van der Waals surface area contributed by atoms with E-state index in [2.05, 4.69) is 17.2 Å². The summed E-state index contributed by atoms with van der Waals surface area (Å²) in [6.07, 6.45) is 3.17. The third-order valence-electron chi connectivity index (χ3n) is 6.81. The molecule has 206 valence electrons. The van der Waals surface area contributed by atoms with Gasteiger partial charge in [0.05, 0.1) is 0 Å². The van der Waals surface area contributed by atoms with Crippen LogP contribution in [0.1, 0.15) is 53.5 Å². The zero-order valence-electron chi connectivity index (χ0n) is 23.5. The second-order valence-corrected chi connectivity index (χ2v) is 10.2. The largest absolute Gasteiger partial charge is 0.456 e. The standard InChI is InChI=1S/C30H41N3O5/c1-9-23(24-13-11-10-12-14-24)15-20(5)28-21(6)19(4)16-25(34)32-22(7)30(37)33(8)27(18(2)3)29(36)31-17-26(35)38-28/h9-15,18,21-22,27-28H,4,16-17H2,1-3,5-8H3,(H,31,36)(H,32,34)/b20-15+,23-9-/t21-,22+,27+,28?/m1/s1. The van der Waals surface area contributed by atoms with Gasteiger partial charge in [0.15, 0.2) is 0 Å². The van der Waals surface area contributed by atoms with Gasteiger partial charge in [-0.1, -0.05) is 75.4 Å². The van der Waals surface area contributed by atoms with Crippen molar-refractivity contribution < 1.29 is 23.9 Å². The molecule has 0 aromatic heterocycles. The average Bonchev–Trinajstić information content (AvgIpc) is 2.87. The van der Waals surface area contributed by atoms with E-state index in [0.717, 1.165) is 16.7 Å². The summed E-state index contributed by atoms with van der Waals surface area (Å²) in [5.74, 6) is -2.51. The summed E-state index contributed by atoms with van der Waals surface area (Å²) in [6, 6.07) is 8.17. The molecule has 1 aromatic rings.